The van der Waals surface area contributed by atoms with Crippen molar-refractivity contribution in [2.24, 2.45) is 0 Å². The van der Waals surface area contributed by atoms with Gasteiger partial charge < -0.3 is 4.90 Å². The number of benzene rings is 3. The molecule has 6 rings (SSSR count). The van der Waals surface area contributed by atoms with Gasteiger partial charge in [0.25, 0.3) is 11.5 Å². The van der Waals surface area contributed by atoms with E-state index >= 15 is 0 Å². The van der Waals surface area contributed by atoms with Crippen LogP contribution in [0.15, 0.2) is 71.5 Å². The van der Waals surface area contributed by atoms with Crippen LogP contribution in [0.5, 0.6) is 0 Å². The van der Waals surface area contributed by atoms with E-state index in [2.05, 4.69) is 10.1 Å². The van der Waals surface area contributed by atoms with Crippen molar-refractivity contribution in [3.05, 3.63) is 108 Å². The molecule has 1 aliphatic rings. The van der Waals surface area contributed by atoms with Gasteiger partial charge in [-0.1, -0.05) is 76.5 Å². The van der Waals surface area contributed by atoms with Crippen LogP contribution in [0.3, 0.4) is 0 Å². The third-order valence-corrected chi connectivity index (χ3v) is 7.56. The van der Waals surface area contributed by atoms with E-state index in [1.807, 2.05) is 36.4 Å². The summed E-state index contributed by atoms with van der Waals surface area (Å²) in [6.07, 6.45) is 0. The predicted octanol–water partition coefficient (Wildman–Crippen LogP) is 5.24. The fraction of sp³-hybridized carbons (Fsp3) is 0.0400. The van der Waals surface area contributed by atoms with Crippen molar-refractivity contribution >= 4 is 68.3 Å². The standard InChI is InChI=1S/C25H13Cl3N4O2S/c26-14-7-5-13(6-8-14)12-31-19-4-2-1-3-17(19)20(23(31)33)21-24(34)32-25(35-21)29-22(30-32)16-10-9-15(27)11-18(16)28/h1-11H,12H2/b21-20-. The molecule has 6 nitrogen and oxygen atoms in total. The van der Waals surface area contributed by atoms with Gasteiger partial charge in [-0.3, -0.25) is 9.59 Å². The number of fused-ring (bicyclic) bond motifs is 2. The SMILES string of the molecule is O=C1/C(=c2\sc3nc(-c4ccc(Cl)cc4Cl)nn3c2=O)c2ccccc2N1Cc1ccc(Cl)cc1. The molecule has 172 valence electrons. The summed E-state index contributed by atoms with van der Waals surface area (Å²) in [6, 6.07) is 19.7. The molecule has 0 aliphatic carbocycles. The highest BCUT2D eigenvalue weighted by molar-refractivity contribution is 7.15. The highest BCUT2D eigenvalue weighted by Gasteiger charge is 2.34. The van der Waals surface area contributed by atoms with Crippen molar-refractivity contribution in [3.63, 3.8) is 0 Å². The summed E-state index contributed by atoms with van der Waals surface area (Å²) in [6.45, 7) is 0.352. The fourth-order valence-corrected chi connectivity index (χ4v) is 5.72. The van der Waals surface area contributed by atoms with Crippen LogP contribution in [0.25, 0.3) is 21.9 Å². The normalized spacial score (nSPS) is 14.7. The summed E-state index contributed by atoms with van der Waals surface area (Å²) >= 11 is 19.4. The molecule has 1 aliphatic heterocycles. The lowest BCUT2D eigenvalue weighted by Gasteiger charge is -2.17. The number of para-hydroxylation sites is 1. The first-order valence-electron chi connectivity index (χ1n) is 10.5. The number of nitrogens with zero attached hydrogens (tertiary/aromatic N) is 4. The minimum absolute atomic E-state index is 0.247. The predicted molar refractivity (Wildman–Crippen MR) is 139 cm³/mol. The van der Waals surface area contributed by atoms with Crippen molar-refractivity contribution in [3.8, 4) is 11.4 Å². The minimum atomic E-state index is -0.402. The molecule has 5 aromatic rings. The summed E-state index contributed by atoms with van der Waals surface area (Å²) in [5.41, 5.74) is 2.89. The number of amides is 1. The zero-order valence-electron chi connectivity index (χ0n) is 17.7. The molecule has 0 atom stereocenters. The van der Waals surface area contributed by atoms with Crippen LogP contribution >= 0.6 is 46.1 Å². The molecule has 0 bridgehead atoms. The van der Waals surface area contributed by atoms with Crippen LogP contribution in [0.4, 0.5) is 5.69 Å². The zero-order chi connectivity index (χ0) is 24.3. The molecule has 0 N–H and O–H groups in total. The second kappa shape index (κ2) is 8.46. The van der Waals surface area contributed by atoms with E-state index in [0.29, 0.717) is 53.6 Å². The van der Waals surface area contributed by atoms with E-state index < -0.39 is 5.56 Å². The Morgan fingerprint density at radius 2 is 1.60 bits per heavy atom. The van der Waals surface area contributed by atoms with Crippen molar-refractivity contribution in [1.29, 1.82) is 0 Å². The third kappa shape index (κ3) is 3.72. The number of aromatic nitrogens is 3. The molecule has 35 heavy (non-hydrogen) atoms. The summed E-state index contributed by atoms with van der Waals surface area (Å²) in [4.78, 5) is 33.5. The number of carbonyl (C=O) groups is 1. The Morgan fingerprint density at radius 1 is 0.857 bits per heavy atom. The summed E-state index contributed by atoms with van der Waals surface area (Å²) in [7, 11) is 0. The number of thiazole rings is 1. The largest absolute Gasteiger partial charge is 0.303 e. The minimum Gasteiger partial charge on any atom is -0.303 e. The molecule has 10 heteroatoms. The molecule has 0 unspecified atom stereocenters. The van der Waals surface area contributed by atoms with Gasteiger partial charge in [0.15, 0.2) is 5.82 Å². The molecule has 2 aromatic heterocycles. The second-order valence-corrected chi connectivity index (χ2v) is 10.2. The summed E-state index contributed by atoms with van der Waals surface area (Å²) in [5, 5.41) is 5.87. The van der Waals surface area contributed by atoms with Crippen molar-refractivity contribution in [2.75, 3.05) is 4.90 Å². The van der Waals surface area contributed by atoms with Gasteiger partial charge in [0.2, 0.25) is 4.96 Å². The first-order chi connectivity index (χ1) is 16.9. The lowest BCUT2D eigenvalue weighted by atomic mass is 10.1. The van der Waals surface area contributed by atoms with E-state index in [9.17, 15) is 9.59 Å². The summed E-state index contributed by atoms with van der Waals surface area (Å²) in [5.74, 6) is 0.0674. The summed E-state index contributed by atoms with van der Waals surface area (Å²) < 4.78 is 1.51. The Kier molecular flexibility index (Phi) is 5.38. The van der Waals surface area contributed by atoms with Gasteiger partial charge in [0.1, 0.15) is 4.53 Å². The molecule has 1 amide bonds. The van der Waals surface area contributed by atoms with Crippen LogP contribution in [0, 0.1) is 0 Å². The second-order valence-electron chi connectivity index (χ2n) is 7.90. The maximum atomic E-state index is 13.6. The topological polar surface area (TPSA) is 67.6 Å². The fourth-order valence-electron chi connectivity index (χ4n) is 4.10. The lowest BCUT2D eigenvalue weighted by Crippen LogP contribution is -2.32. The Balaban J connectivity index is 1.48. The van der Waals surface area contributed by atoms with Crippen LogP contribution in [-0.2, 0) is 11.3 Å². The number of carbonyl (C=O) groups excluding carboxylic acids is 1. The maximum Gasteiger partial charge on any atom is 0.291 e. The Bertz CT molecular complexity index is 1760. The number of rotatable bonds is 3. The molecule has 0 saturated heterocycles. The van der Waals surface area contributed by atoms with E-state index in [1.54, 1.807) is 35.2 Å². The van der Waals surface area contributed by atoms with Crippen molar-refractivity contribution in [2.45, 2.75) is 6.54 Å². The average Bonchev–Trinajstić information content (AvgIpc) is 3.46. The lowest BCUT2D eigenvalue weighted by molar-refractivity contribution is -0.113. The first kappa shape index (κ1) is 22.2. The molecule has 3 heterocycles. The number of hydrogen-bond acceptors (Lipinski definition) is 5. The molecule has 0 fully saturated rings. The van der Waals surface area contributed by atoms with Gasteiger partial charge in [-0.15, -0.1) is 5.10 Å². The number of anilines is 1. The van der Waals surface area contributed by atoms with Crippen LogP contribution in [0.1, 0.15) is 11.1 Å². The van der Waals surface area contributed by atoms with Gasteiger partial charge in [-0.2, -0.15) is 9.50 Å². The van der Waals surface area contributed by atoms with E-state index in [-0.39, 0.29) is 5.91 Å². The van der Waals surface area contributed by atoms with Crippen molar-refractivity contribution in [1.82, 2.24) is 14.6 Å². The van der Waals surface area contributed by atoms with Crippen molar-refractivity contribution < 1.29 is 4.79 Å². The van der Waals surface area contributed by atoms with Crippen LogP contribution < -0.4 is 15.0 Å². The van der Waals surface area contributed by atoms with Gasteiger partial charge >= 0.3 is 0 Å². The average molecular weight is 540 g/mol. The molecular weight excluding hydrogens is 527 g/mol. The molecular formula is C25H13Cl3N4O2S. The molecule has 0 radical (unpaired) electrons. The third-order valence-electron chi connectivity index (χ3n) is 5.73. The molecule has 3 aromatic carbocycles. The smallest absolute Gasteiger partial charge is 0.291 e. The monoisotopic (exact) mass is 538 g/mol. The highest BCUT2D eigenvalue weighted by Crippen LogP contribution is 2.36. The van der Waals surface area contributed by atoms with Gasteiger partial charge in [0.05, 0.1) is 22.8 Å². The van der Waals surface area contributed by atoms with Gasteiger partial charge in [-0.05, 0) is 42.0 Å². The van der Waals surface area contributed by atoms with E-state index in [1.165, 1.54) is 4.52 Å². The number of halogens is 3. The highest BCUT2D eigenvalue weighted by atomic mass is 35.5. The quantitative estimate of drug-likeness (QED) is 0.314. The van der Waals surface area contributed by atoms with E-state index in [4.69, 9.17) is 34.8 Å². The first-order valence-corrected chi connectivity index (χ1v) is 12.4. The van der Waals surface area contributed by atoms with Gasteiger partial charge in [-0.25, -0.2) is 0 Å². The maximum absolute atomic E-state index is 13.6. The van der Waals surface area contributed by atoms with E-state index in [0.717, 1.165) is 22.6 Å². The van der Waals surface area contributed by atoms with Crippen LogP contribution in [0.2, 0.25) is 15.1 Å². The van der Waals surface area contributed by atoms with Crippen LogP contribution in [-0.4, -0.2) is 20.5 Å². The Hall–Kier alpha value is -3.23. The van der Waals surface area contributed by atoms with Gasteiger partial charge in [0, 0.05) is 21.2 Å². The number of hydrogen-bond donors (Lipinski definition) is 0. The Morgan fingerprint density at radius 3 is 2.34 bits per heavy atom. The molecule has 0 saturated carbocycles. The molecule has 0 spiro atoms. The zero-order valence-corrected chi connectivity index (χ0v) is 20.8. The Labute approximate surface area is 217 Å².